The van der Waals surface area contributed by atoms with Crippen molar-refractivity contribution in [2.45, 2.75) is 4.90 Å². The molecular formula is C12H9NaO2S. The third-order valence-electron chi connectivity index (χ3n) is 2.15. The van der Waals surface area contributed by atoms with Gasteiger partial charge in [-0.25, -0.2) is 0 Å². The van der Waals surface area contributed by atoms with E-state index in [0.29, 0.717) is 4.90 Å². The summed E-state index contributed by atoms with van der Waals surface area (Å²) in [7, 11) is -2.14. The molecule has 2 aromatic rings. The standard InChI is InChI=1S/C12H9O2S.Na/c13-15(14)12-8-6-11(7-9-12)10-4-2-1-3-5-10;/h1-9H;/q-1;+1. The van der Waals surface area contributed by atoms with Gasteiger partial charge in [0.05, 0.1) is 0 Å². The van der Waals surface area contributed by atoms with Crippen molar-refractivity contribution < 1.29 is 38.0 Å². The van der Waals surface area contributed by atoms with Crippen molar-refractivity contribution >= 4 is 10.7 Å². The molecule has 0 aliphatic rings. The van der Waals surface area contributed by atoms with Gasteiger partial charge in [0.15, 0.2) is 0 Å². The van der Waals surface area contributed by atoms with Gasteiger partial charge in [0.1, 0.15) is 0 Å². The van der Waals surface area contributed by atoms with E-state index in [1.165, 1.54) is 0 Å². The van der Waals surface area contributed by atoms with Crippen LogP contribution in [0, 0.1) is 0 Å². The molecule has 0 aromatic heterocycles. The zero-order chi connectivity index (χ0) is 10.7. The largest absolute Gasteiger partial charge is 1.00 e. The Balaban J connectivity index is 0.00000128. The van der Waals surface area contributed by atoms with Crippen LogP contribution < -0.4 is 29.6 Å². The summed E-state index contributed by atoms with van der Waals surface area (Å²) in [5, 5.41) is 0. The summed E-state index contributed by atoms with van der Waals surface area (Å²) < 4.78 is 21.3. The van der Waals surface area contributed by atoms with Crippen LogP contribution in [0.3, 0.4) is 0 Å². The van der Waals surface area contributed by atoms with Gasteiger partial charge < -0.3 is 8.42 Å². The minimum atomic E-state index is -2.14. The predicted octanol–water partition coefficient (Wildman–Crippen LogP) is 0.0258. The van der Waals surface area contributed by atoms with Gasteiger partial charge in [0, 0.05) is 0 Å². The maximum atomic E-state index is 10.6. The van der Waals surface area contributed by atoms with Crippen LogP contribution in [0.5, 0.6) is 0 Å². The number of benzene rings is 2. The van der Waals surface area contributed by atoms with Crippen molar-refractivity contribution in [1.29, 1.82) is 0 Å². The second-order valence-corrected chi connectivity index (χ2v) is 4.07. The molecule has 0 bridgehead atoms. The van der Waals surface area contributed by atoms with E-state index in [1.807, 2.05) is 30.3 Å². The van der Waals surface area contributed by atoms with Crippen LogP contribution >= 0.6 is 0 Å². The molecule has 0 atom stereocenters. The molecule has 2 aromatic carbocycles. The third-order valence-corrected chi connectivity index (χ3v) is 2.81. The van der Waals surface area contributed by atoms with Crippen LogP contribution in [-0.4, -0.2) is 0 Å². The summed E-state index contributed by atoms with van der Waals surface area (Å²) in [4.78, 5) is 0.315. The van der Waals surface area contributed by atoms with Gasteiger partial charge in [-0.15, -0.1) is 0 Å². The molecule has 0 saturated heterocycles. The monoisotopic (exact) mass is 240 g/mol. The topological polar surface area (TPSA) is 34.1 Å². The molecule has 2 rings (SSSR count). The Morgan fingerprint density at radius 3 is 1.69 bits per heavy atom. The first-order chi connectivity index (χ1) is 7.27. The first-order valence-electron chi connectivity index (χ1n) is 4.52. The van der Waals surface area contributed by atoms with Crippen molar-refractivity contribution in [3.8, 4) is 11.1 Å². The van der Waals surface area contributed by atoms with E-state index in [0.717, 1.165) is 11.1 Å². The molecule has 0 amide bonds. The smallest absolute Gasteiger partial charge is 0.420 e. The summed E-state index contributed by atoms with van der Waals surface area (Å²) in [5.41, 5.74) is 2.10. The molecule has 76 valence electrons. The van der Waals surface area contributed by atoms with Gasteiger partial charge in [0.25, 0.3) is 0 Å². The van der Waals surface area contributed by atoms with Gasteiger partial charge >= 0.3 is 29.6 Å². The van der Waals surface area contributed by atoms with E-state index < -0.39 is 10.7 Å². The molecule has 0 radical (unpaired) electrons. The Morgan fingerprint density at radius 2 is 1.19 bits per heavy atom. The molecule has 0 aliphatic heterocycles. The summed E-state index contributed by atoms with van der Waals surface area (Å²) in [6, 6.07) is 16.7. The minimum Gasteiger partial charge on any atom is -0.420 e. The Kier molecular flexibility index (Phi) is 5.22. The van der Waals surface area contributed by atoms with Crippen LogP contribution in [0.4, 0.5) is 0 Å². The average molecular weight is 240 g/mol. The van der Waals surface area contributed by atoms with Gasteiger partial charge in [0.2, 0.25) is 0 Å². The zero-order valence-electron chi connectivity index (χ0n) is 8.92. The number of rotatable bonds is 2. The molecule has 2 nitrogen and oxygen atoms in total. The molecule has 0 unspecified atom stereocenters. The number of hydrogen-bond donors (Lipinski definition) is 0. The van der Waals surface area contributed by atoms with Crippen LogP contribution in [0.1, 0.15) is 0 Å². The maximum Gasteiger partial charge on any atom is 1.00 e. The molecule has 4 heteroatoms. The minimum absolute atomic E-state index is 0. The molecule has 0 saturated carbocycles. The first-order valence-corrected chi connectivity index (χ1v) is 5.59. The number of hydrogen-bond acceptors (Lipinski definition) is 3. The van der Waals surface area contributed by atoms with Crippen molar-refractivity contribution in [3.05, 3.63) is 54.6 Å². The molecule has 16 heavy (non-hydrogen) atoms. The van der Waals surface area contributed by atoms with E-state index in [2.05, 4.69) is 0 Å². The predicted molar refractivity (Wildman–Crippen MR) is 58.9 cm³/mol. The van der Waals surface area contributed by atoms with E-state index >= 15 is 0 Å². The van der Waals surface area contributed by atoms with Gasteiger partial charge in [-0.3, -0.25) is 0 Å². The molecule has 0 aliphatic carbocycles. The summed E-state index contributed by atoms with van der Waals surface area (Å²) >= 11 is 0. The normalized spacial score (nSPS) is 9.81. The fraction of sp³-hybridized carbons (Fsp3) is 0. The van der Waals surface area contributed by atoms with Crippen molar-refractivity contribution in [2.24, 2.45) is 0 Å². The molecule has 0 N–H and O–H groups in total. The average Bonchev–Trinajstić information content (AvgIpc) is 2.30. The van der Waals surface area contributed by atoms with E-state index in [4.69, 9.17) is 0 Å². The second-order valence-electron chi connectivity index (χ2n) is 3.13. The van der Waals surface area contributed by atoms with Crippen LogP contribution in [0.25, 0.3) is 11.1 Å². The molecule has 0 heterocycles. The van der Waals surface area contributed by atoms with E-state index in [-0.39, 0.29) is 29.6 Å². The third kappa shape index (κ3) is 3.19. The van der Waals surface area contributed by atoms with Gasteiger partial charge in [-0.2, -0.15) is 0 Å². The van der Waals surface area contributed by atoms with E-state index in [1.54, 1.807) is 24.3 Å². The summed E-state index contributed by atoms with van der Waals surface area (Å²) in [5.74, 6) is 0. The van der Waals surface area contributed by atoms with Crippen LogP contribution in [0.2, 0.25) is 0 Å². The zero-order valence-corrected chi connectivity index (χ0v) is 11.7. The first kappa shape index (κ1) is 13.5. The Hall–Kier alpha value is -0.610. The molecular weight excluding hydrogens is 231 g/mol. The van der Waals surface area contributed by atoms with Crippen molar-refractivity contribution in [1.82, 2.24) is 0 Å². The summed E-state index contributed by atoms with van der Waals surface area (Å²) in [6.45, 7) is 0. The molecule has 0 spiro atoms. The van der Waals surface area contributed by atoms with Gasteiger partial charge in [-0.1, -0.05) is 59.5 Å². The fourth-order valence-electron chi connectivity index (χ4n) is 1.39. The maximum absolute atomic E-state index is 10.6. The molecule has 0 fully saturated rings. The fourth-order valence-corrected chi connectivity index (χ4v) is 1.75. The van der Waals surface area contributed by atoms with Crippen molar-refractivity contribution in [3.63, 3.8) is 0 Å². The van der Waals surface area contributed by atoms with Crippen LogP contribution in [-0.2, 0) is 19.1 Å². The Labute approximate surface area is 119 Å². The summed E-state index contributed by atoms with van der Waals surface area (Å²) in [6.07, 6.45) is 0. The Morgan fingerprint density at radius 1 is 0.688 bits per heavy atom. The SMILES string of the molecule is O=[S-](=O)c1ccc(-c2ccccc2)cc1.[Na+]. The Bertz CT molecular complexity index is 510. The second kappa shape index (κ2) is 6.21. The van der Waals surface area contributed by atoms with Crippen LogP contribution in [0.15, 0.2) is 59.5 Å². The van der Waals surface area contributed by atoms with E-state index in [9.17, 15) is 8.42 Å². The quantitative estimate of drug-likeness (QED) is 0.548. The van der Waals surface area contributed by atoms with Gasteiger partial charge in [-0.05, 0) is 21.8 Å². The van der Waals surface area contributed by atoms with Crippen molar-refractivity contribution in [2.75, 3.05) is 0 Å².